The Morgan fingerprint density at radius 1 is 1.39 bits per heavy atom. The number of ether oxygens (including phenoxy) is 1. The Labute approximate surface area is 107 Å². The maximum atomic E-state index is 5.83. The number of methoxy groups -OCH3 is 1. The van der Waals surface area contributed by atoms with E-state index in [0.29, 0.717) is 5.82 Å². The molecule has 0 saturated heterocycles. The van der Waals surface area contributed by atoms with Gasteiger partial charge in [-0.1, -0.05) is 24.3 Å². The molecule has 0 spiro atoms. The van der Waals surface area contributed by atoms with E-state index in [1.807, 2.05) is 12.1 Å². The highest BCUT2D eigenvalue weighted by molar-refractivity contribution is 5.73. The summed E-state index contributed by atoms with van der Waals surface area (Å²) in [7, 11) is 1.73. The molecule has 0 aliphatic rings. The molecule has 2 aromatic rings. The van der Waals surface area contributed by atoms with Crippen LogP contribution in [0.5, 0.6) is 0 Å². The van der Waals surface area contributed by atoms with Crippen LogP contribution in [0.1, 0.15) is 19.4 Å². The monoisotopic (exact) mass is 245 g/mol. The van der Waals surface area contributed by atoms with Gasteiger partial charge in [0.15, 0.2) is 0 Å². The van der Waals surface area contributed by atoms with Gasteiger partial charge in [0.05, 0.1) is 11.8 Å². The predicted octanol–water partition coefficient (Wildman–Crippen LogP) is 2.63. The molecule has 0 unspecified atom stereocenters. The van der Waals surface area contributed by atoms with Crippen molar-refractivity contribution in [3.8, 4) is 11.1 Å². The SMILES string of the molecule is COC(C)(C)Cc1cccc(-c2cn[nH]c2N)c1. The van der Waals surface area contributed by atoms with Crippen LogP contribution in [0.15, 0.2) is 30.5 Å². The Hall–Kier alpha value is -1.81. The van der Waals surface area contributed by atoms with E-state index in [-0.39, 0.29) is 5.60 Å². The third-order valence-corrected chi connectivity index (χ3v) is 3.09. The molecule has 4 nitrogen and oxygen atoms in total. The van der Waals surface area contributed by atoms with Crippen LogP contribution in [-0.4, -0.2) is 22.9 Å². The Bertz CT molecular complexity index is 531. The van der Waals surface area contributed by atoms with Crippen LogP contribution in [0.2, 0.25) is 0 Å². The van der Waals surface area contributed by atoms with Crippen LogP contribution in [0.25, 0.3) is 11.1 Å². The van der Waals surface area contributed by atoms with Crippen molar-refractivity contribution in [3.63, 3.8) is 0 Å². The number of H-pyrrole nitrogens is 1. The summed E-state index contributed by atoms with van der Waals surface area (Å²) >= 11 is 0. The second-order valence-corrected chi connectivity index (χ2v) is 5.04. The fourth-order valence-corrected chi connectivity index (χ4v) is 1.94. The van der Waals surface area contributed by atoms with Crippen molar-refractivity contribution in [2.45, 2.75) is 25.9 Å². The second kappa shape index (κ2) is 4.82. The molecule has 96 valence electrons. The van der Waals surface area contributed by atoms with Gasteiger partial charge < -0.3 is 10.5 Å². The molecule has 1 aromatic carbocycles. The molecule has 0 aliphatic heterocycles. The molecule has 0 saturated carbocycles. The lowest BCUT2D eigenvalue weighted by Crippen LogP contribution is -2.25. The third-order valence-electron chi connectivity index (χ3n) is 3.09. The van der Waals surface area contributed by atoms with E-state index in [0.717, 1.165) is 17.5 Å². The molecule has 18 heavy (non-hydrogen) atoms. The Morgan fingerprint density at radius 2 is 2.17 bits per heavy atom. The summed E-state index contributed by atoms with van der Waals surface area (Å²) in [6.07, 6.45) is 2.60. The molecule has 0 fully saturated rings. The fourth-order valence-electron chi connectivity index (χ4n) is 1.94. The van der Waals surface area contributed by atoms with Crippen molar-refractivity contribution in [2.24, 2.45) is 0 Å². The molecule has 0 atom stereocenters. The molecule has 2 rings (SSSR count). The third kappa shape index (κ3) is 2.71. The first-order valence-electron chi connectivity index (χ1n) is 5.95. The number of aromatic nitrogens is 2. The van der Waals surface area contributed by atoms with Crippen molar-refractivity contribution in [1.82, 2.24) is 10.2 Å². The number of nitrogens with two attached hydrogens (primary N) is 1. The highest BCUT2D eigenvalue weighted by Crippen LogP contribution is 2.26. The number of aromatic amines is 1. The normalized spacial score (nSPS) is 11.7. The van der Waals surface area contributed by atoms with Crippen LogP contribution in [0.3, 0.4) is 0 Å². The van der Waals surface area contributed by atoms with Crippen molar-refractivity contribution in [3.05, 3.63) is 36.0 Å². The molecular formula is C14H19N3O. The van der Waals surface area contributed by atoms with Crippen LogP contribution < -0.4 is 5.73 Å². The first-order chi connectivity index (χ1) is 8.52. The number of rotatable bonds is 4. The molecule has 0 radical (unpaired) electrons. The van der Waals surface area contributed by atoms with Crippen molar-refractivity contribution in [2.75, 3.05) is 12.8 Å². The molecule has 1 heterocycles. The zero-order chi connectivity index (χ0) is 13.2. The first kappa shape index (κ1) is 12.6. The number of benzene rings is 1. The van der Waals surface area contributed by atoms with Crippen LogP contribution in [0, 0.1) is 0 Å². The highest BCUT2D eigenvalue weighted by Gasteiger charge is 2.17. The van der Waals surface area contributed by atoms with E-state index in [1.54, 1.807) is 13.3 Å². The summed E-state index contributed by atoms with van der Waals surface area (Å²) in [6.45, 7) is 4.15. The van der Waals surface area contributed by atoms with Gasteiger partial charge in [0.2, 0.25) is 0 Å². The number of hydrogen-bond donors (Lipinski definition) is 2. The number of nitrogens with one attached hydrogen (secondary N) is 1. The molecule has 4 heteroatoms. The fraction of sp³-hybridized carbons (Fsp3) is 0.357. The predicted molar refractivity (Wildman–Crippen MR) is 73.2 cm³/mol. The summed E-state index contributed by atoms with van der Waals surface area (Å²) in [4.78, 5) is 0. The second-order valence-electron chi connectivity index (χ2n) is 5.04. The van der Waals surface area contributed by atoms with Crippen molar-refractivity contribution >= 4 is 5.82 Å². The zero-order valence-corrected chi connectivity index (χ0v) is 11.0. The van der Waals surface area contributed by atoms with Crippen molar-refractivity contribution in [1.29, 1.82) is 0 Å². The van der Waals surface area contributed by atoms with E-state index in [4.69, 9.17) is 10.5 Å². The molecule has 1 aromatic heterocycles. The topological polar surface area (TPSA) is 63.9 Å². The lowest BCUT2D eigenvalue weighted by atomic mass is 9.96. The lowest BCUT2D eigenvalue weighted by molar-refractivity contribution is 0.0232. The van der Waals surface area contributed by atoms with Crippen LogP contribution in [0.4, 0.5) is 5.82 Å². The van der Waals surface area contributed by atoms with Gasteiger partial charge in [0.25, 0.3) is 0 Å². The van der Waals surface area contributed by atoms with Gasteiger partial charge in [-0.2, -0.15) is 5.10 Å². The molecule has 3 N–H and O–H groups in total. The minimum absolute atomic E-state index is 0.166. The Balaban J connectivity index is 2.29. The van der Waals surface area contributed by atoms with Gasteiger partial charge >= 0.3 is 0 Å². The minimum atomic E-state index is -0.166. The maximum Gasteiger partial charge on any atom is 0.126 e. The lowest BCUT2D eigenvalue weighted by Gasteiger charge is -2.23. The van der Waals surface area contributed by atoms with Crippen LogP contribution in [-0.2, 0) is 11.2 Å². The molecular weight excluding hydrogens is 226 g/mol. The highest BCUT2D eigenvalue weighted by atomic mass is 16.5. The van der Waals surface area contributed by atoms with Gasteiger partial charge in [0, 0.05) is 19.1 Å². The summed E-state index contributed by atoms with van der Waals surface area (Å²) in [6, 6.07) is 8.29. The molecule has 0 bridgehead atoms. The quantitative estimate of drug-likeness (QED) is 0.870. The average molecular weight is 245 g/mol. The van der Waals surface area contributed by atoms with Gasteiger partial charge in [-0.05, 0) is 25.0 Å². The van der Waals surface area contributed by atoms with Crippen LogP contribution >= 0.6 is 0 Å². The number of hydrogen-bond acceptors (Lipinski definition) is 3. The summed E-state index contributed by atoms with van der Waals surface area (Å²) < 4.78 is 5.45. The standard InChI is InChI=1S/C14H19N3O/c1-14(2,18-3)8-10-5-4-6-11(7-10)12-9-16-17-13(12)15/h4-7,9H,8H2,1-3H3,(H3,15,16,17). The summed E-state index contributed by atoms with van der Waals surface area (Å²) in [5.41, 5.74) is 8.90. The Morgan fingerprint density at radius 3 is 2.78 bits per heavy atom. The maximum absolute atomic E-state index is 5.83. The minimum Gasteiger partial charge on any atom is -0.384 e. The first-order valence-corrected chi connectivity index (χ1v) is 5.95. The number of anilines is 1. The van der Waals surface area contributed by atoms with E-state index in [1.165, 1.54) is 5.56 Å². The van der Waals surface area contributed by atoms with E-state index in [2.05, 4.69) is 36.2 Å². The Kier molecular flexibility index (Phi) is 3.39. The number of nitrogen functional groups attached to an aromatic ring is 1. The van der Waals surface area contributed by atoms with Crippen molar-refractivity contribution < 1.29 is 4.74 Å². The van der Waals surface area contributed by atoms with E-state index in [9.17, 15) is 0 Å². The average Bonchev–Trinajstić information content (AvgIpc) is 2.75. The van der Waals surface area contributed by atoms with Gasteiger partial charge in [-0.15, -0.1) is 0 Å². The molecule has 0 amide bonds. The summed E-state index contributed by atoms with van der Waals surface area (Å²) in [5, 5.41) is 6.69. The molecule has 0 aliphatic carbocycles. The van der Waals surface area contributed by atoms with Gasteiger partial charge in [-0.25, -0.2) is 0 Å². The largest absolute Gasteiger partial charge is 0.384 e. The van der Waals surface area contributed by atoms with Gasteiger partial charge in [0.1, 0.15) is 5.82 Å². The zero-order valence-electron chi connectivity index (χ0n) is 11.0. The van der Waals surface area contributed by atoms with E-state index < -0.39 is 0 Å². The summed E-state index contributed by atoms with van der Waals surface area (Å²) in [5.74, 6) is 0.596. The van der Waals surface area contributed by atoms with Gasteiger partial charge in [-0.3, -0.25) is 5.10 Å². The van der Waals surface area contributed by atoms with E-state index >= 15 is 0 Å². The number of nitrogens with zero attached hydrogens (tertiary/aromatic N) is 1. The smallest absolute Gasteiger partial charge is 0.126 e.